The van der Waals surface area contributed by atoms with Crippen molar-refractivity contribution in [1.29, 1.82) is 0 Å². The number of hydrogen-bond donors (Lipinski definition) is 5. The van der Waals surface area contributed by atoms with Crippen LogP contribution in [0.1, 0.15) is 97.0 Å². The second-order valence-corrected chi connectivity index (χ2v) is 22.3. The van der Waals surface area contributed by atoms with Gasteiger partial charge in [0.1, 0.15) is 34.0 Å². The number of carbonyl (C=O) groups is 3. The maximum atomic E-state index is 15.0. The van der Waals surface area contributed by atoms with Crippen LogP contribution < -0.4 is 20.8 Å². The highest BCUT2D eigenvalue weighted by atomic mass is 16.7. The number of anilines is 1. The monoisotopic (exact) mass is 1010 g/mol. The number of nitrogens with zero attached hydrogens (tertiary/aromatic N) is 6. The minimum atomic E-state index is -1.97. The standard InChI is InChI=1S/C55H79N7O11/c1-30(2)29-60-22-18-55(19-23-60)57-42-39-40-47(65)36(8)50-41(39)51(67)54(9,73-50)71-28-17-38(70-11)33(5)49(72-53(69)62-26-24-61(25-27-62)37-15-20-59(10)21-16-37)35(7)46(64)34(6)45(63)31(3)13-12-14-32(4)52(68)56-44(48(40)66)43(42)58-55/h12-14,17,28,30-31,33-35,37-38,45-46,49,57,63-66H,15-16,18-27,29H2,1-11H3/b13-12+,28-17+,32-14-,56-44?/t31-,33+,34+,35+,38-,45-,46+,49+,54-/m0/s1. The number of rotatable bonds is 5. The zero-order chi connectivity index (χ0) is 52.8. The lowest BCUT2D eigenvalue weighted by molar-refractivity contribution is -0.114. The highest BCUT2D eigenvalue weighted by Crippen LogP contribution is 2.51. The number of phenols is 2. The molecule has 9 atom stereocenters. The van der Waals surface area contributed by atoms with E-state index in [1.54, 1.807) is 56.9 Å². The van der Waals surface area contributed by atoms with Gasteiger partial charge in [0, 0.05) is 119 Å². The molecular weight excluding hydrogens is 935 g/mol. The Morgan fingerprint density at radius 1 is 0.890 bits per heavy atom. The van der Waals surface area contributed by atoms with Gasteiger partial charge < -0.3 is 59.4 Å². The number of phenolic OH excluding ortho intramolecular Hbond substituents is 2. The van der Waals surface area contributed by atoms with Crippen LogP contribution in [0.15, 0.2) is 46.1 Å². The van der Waals surface area contributed by atoms with Gasteiger partial charge in [-0.1, -0.05) is 59.8 Å². The van der Waals surface area contributed by atoms with Crippen LogP contribution in [0, 0.1) is 36.5 Å². The molecule has 7 aliphatic rings. The predicted octanol–water partition coefficient (Wildman–Crippen LogP) is 5.03. The van der Waals surface area contributed by atoms with Gasteiger partial charge in [0.25, 0.3) is 11.7 Å². The van der Waals surface area contributed by atoms with Crippen LogP contribution in [0.4, 0.5) is 10.5 Å². The van der Waals surface area contributed by atoms with E-state index in [9.17, 15) is 34.8 Å². The van der Waals surface area contributed by atoms with Crippen LogP contribution >= 0.6 is 0 Å². The van der Waals surface area contributed by atoms with Gasteiger partial charge in [0.05, 0.1) is 41.2 Å². The third kappa shape index (κ3) is 10.6. The summed E-state index contributed by atoms with van der Waals surface area (Å²) in [5, 5.41) is 51.7. The minimum Gasteiger partial charge on any atom is -0.507 e. The fourth-order valence-electron chi connectivity index (χ4n) is 11.9. The molecule has 5 bridgehead atoms. The molecule has 5 N–H and O–H groups in total. The van der Waals surface area contributed by atoms with Crippen molar-refractivity contribution in [3.8, 4) is 17.2 Å². The Labute approximate surface area is 429 Å². The molecule has 1 spiro atoms. The number of aromatic hydroxyl groups is 2. The lowest BCUT2D eigenvalue weighted by Crippen LogP contribution is -2.55. The van der Waals surface area contributed by atoms with Crippen molar-refractivity contribution >= 4 is 34.2 Å². The maximum absolute atomic E-state index is 15.0. The van der Waals surface area contributed by atoms with E-state index in [0.717, 1.165) is 58.7 Å². The zero-order valence-electron chi connectivity index (χ0n) is 44.7. The first-order chi connectivity index (χ1) is 34.6. The van der Waals surface area contributed by atoms with E-state index >= 15 is 0 Å². The number of allylic oxidation sites excluding steroid dienone is 2. The fourth-order valence-corrected chi connectivity index (χ4v) is 11.9. The van der Waals surface area contributed by atoms with E-state index in [1.807, 2.05) is 13.8 Å². The van der Waals surface area contributed by atoms with Gasteiger partial charge in [-0.2, -0.15) is 0 Å². The number of amides is 2. The average molecular weight is 1010 g/mol. The zero-order valence-corrected chi connectivity index (χ0v) is 44.7. The molecule has 2 aromatic carbocycles. The normalized spacial score (nSPS) is 32.6. The van der Waals surface area contributed by atoms with Crippen LogP contribution in [-0.4, -0.2) is 173 Å². The third-order valence-corrected chi connectivity index (χ3v) is 16.6. The van der Waals surface area contributed by atoms with E-state index in [0.29, 0.717) is 43.6 Å². The van der Waals surface area contributed by atoms with Crippen molar-refractivity contribution < 1.29 is 53.8 Å². The number of hydrogen-bond acceptors (Lipinski definition) is 16. The molecule has 3 saturated heterocycles. The summed E-state index contributed by atoms with van der Waals surface area (Å²) in [4.78, 5) is 61.7. The van der Waals surface area contributed by atoms with E-state index < -0.39 is 83.1 Å². The molecular formula is C55H79N7O11. The van der Waals surface area contributed by atoms with Crippen molar-refractivity contribution in [2.24, 2.45) is 39.6 Å². The molecule has 18 heteroatoms. The number of methoxy groups -OCH3 is 1. The van der Waals surface area contributed by atoms with Gasteiger partial charge in [-0.3, -0.25) is 19.5 Å². The largest absolute Gasteiger partial charge is 0.507 e. The van der Waals surface area contributed by atoms with Crippen LogP contribution in [-0.2, 0) is 19.0 Å². The van der Waals surface area contributed by atoms with Gasteiger partial charge in [-0.15, -0.1) is 0 Å². The first-order valence-corrected chi connectivity index (χ1v) is 26.4. The first-order valence-electron chi connectivity index (χ1n) is 26.4. The molecule has 0 aliphatic carbocycles. The number of piperidine rings is 2. The van der Waals surface area contributed by atoms with Crippen molar-refractivity contribution in [3.63, 3.8) is 0 Å². The number of aliphatic hydroxyl groups excluding tert-OH is 2. The lowest BCUT2D eigenvalue weighted by atomic mass is 9.78. The second kappa shape index (κ2) is 21.6. The molecule has 2 aromatic rings. The van der Waals surface area contributed by atoms with Gasteiger partial charge >= 0.3 is 11.9 Å². The summed E-state index contributed by atoms with van der Waals surface area (Å²) in [6, 6.07) is 0.472. The number of benzene rings is 2. The molecule has 9 rings (SSSR count). The number of aliphatic hydroxyl groups is 2. The van der Waals surface area contributed by atoms with E-state index in [4.69, 9.17) is 23.9 Å². The Morgan fingerprint density at radius 2 is 1.56 bits per heavy atom. The molecule has 7 aliphatic heterocycles. The molecule has 0 saturated carbocycles. The Morgan fingerprint density at radius 3 is 2.21 bits per heavy atom. The topological polar surface area (TPSA) is 219 Å². The second-order valence-electron chi connectivity index (χ2n) is 22.3. The number of carbonyl (C=O) groups excluding carboxylic acids is 3. The van der Waals surface area contributed by atoms with Crippen LogP contribution in [0.5, 0.6) is 17.2 Å². The van der Waals surface area contributed by atoms with E-state index in [-0.39, 0.29) is 49.7 Å². The van der Waals surface area contributed by atoms with Crippen LogP contribution in [0.3, 0.4) is 0 Å². The molecule has 73 heavy (non-hydrogen) atoms. The van der Waals surface area contributed by atoms with E-state index in [1.165, 1.54) is 20.3 Å². The predicted molar refractivity (Wildman–Crippen MR) is 276 cm³/mol. The fraction of sp³-hybridized carbons (Fsp3) is 0.655. The molecule has 0 radical (unpaired) electrons. The Kier molecular flexibility index (Phi) is 16.0. The lowest BCUT2D eigenvalue weighted by Gasteiger charge is -2.43. The van der Waals surface area contributed by atoms with Gasteiger partial charge in [0.15, 0.2) is 5.75 Å². The van der Waals surface area contributed by atoms with Crippen molar-refractivity contribution in [2.45, 2.75) is 130 Å². The third-order valence-electron chi connectivity index (χ3n) is 16.6. The minimum absolute atomic E-state index is 0.0577. The molecule has 3 fully saturated rings. The quantitative estimate of drug-likeness (QED) is 0.248. The van der Waals surface area contributed by atoms with Crippen LogP contribution in [0.25, 0.3) is 10.8 Å². The number of fused-ring (bicyclic) bond motifs is 13. The van der Waals surface area contributed by atoms with Crippen molar-refractivity contribution in [1.82, 2.24) is 19.6 Å². The van der Waals surface area contributed by atoms with Gasteiger partial charge in [0.2, 0.25) is 0 Å². The summed E-state index contributed by atoms with van der Waals surface area (Å²) in [5.74, 6) is -6.14. The summed E-state index contributed by atoms with van der Waals surface area (Å²) in [7, 11) is 3.65. The SMILES string of the molecule is CO[C@H]1/C=C/O[C@@]2(C)Oc3c(C)c(O)c4c(O)c(c5c(c4c3C2=O)NC2(CCN(CC(C)C)CC2)N=5)=NC(=O)/C(C)=C\C=C\[C@H](C)[C@H](O)[C@@H](C)[C@@H](O)[C@@H](C)[C@H](OC(=O)N2CCN(C3CCN(C)CC3)CC2)[C@@H]1C. The van der Waals surface area contributed by atoms with Gasteiger partial charge in [-0.25, -0.2) is 9.79 Å². The molecule has 0 unspecified atom stereocenters. The molecule has 0 aromatic heterocycles. The van der Waals surface area contributed by atoms with Crippen molar-refractivity contribution in [3.05, 3.63) is 58.0 Å². The van der Waals surface area contributed by atoms with Crippen molar-refractivity contribution in [2.75, 3.05) is 78.4 Å². The maximum Gasteiger partial charge on any atom is 0.410 e. The van der Waals surface area contributed by atoms with Crippen LogP contribution in [0.2, 0.25) is 0 Å². The molecule has 7 heterocycles. The number of ketones is 1. The Balaban J connectivity index is 1.17. The number of ether oxygens (including phenoxy) is 4. The van der Waals surface area contributed by atoms with E-state index in [2.05, 4.69) is 45.9 Å². The highest BCUT2D eigenvalue weighted by molar-refractivity contribution is 6.21. The summed E-state index contributed by atoms with van der Waals surface area (Å²) < 4.78 is 25.1. The number of likely N-dealkylation sites (tertiary alicyclic amines) is 2. The smallest absolute Gasteiger partial charge is 0.410 e. The number of Topliss-reactive ketones (excluding diaryl/α,β-unsaturated/α-hetero) is 1. The first kappa shape index (κ1) is 54.2. The summed E-state index contributed by atoms with van der Waals surface area (Å²) >= 11 is 0. The summed E-state index contributed by atoms with van der Waals surface area (Å²) in [6.07, 6.45) is 6.74. The molecule has 2 amide bonds. The highest BCUT2D eigenvalue weighted by Gasteiger charge is 2.51. The summed E-state index contributed by atoms with van der Waals surface area (Å²) in [6.45, 7) is 23.0. The Bertz CT molecular complexity index is 2650. The average Bonchev–Trinajstić information content (AvgIpc) is 3.87. The molecule has 18 nitrogen and oxygen atoms in total. The Hall–Kier alpha value is -5.11. The number of piperazine rings is 1. The number of nitrogens with one attached hydrogen (secondary N) is 1. The summed E-state index contributed by atoms with van der Waals surface area (Å²) in [5.41, 5.74) is -0.108. The van der Waals surface area contributed by atoms with Gasteiger partial charge in [-0.05, 0) is 58.8 Å². The molecule has 400 valence electrons.